The Kier molecular flexibility index (Phi) is 4.20. The molecule has 7 heteroatoms. The summed E-state index contributed by atoms with van der Waals surface area (Å²) >= 11 is 6.07. The molecule has 0 amide bonds. The van der Waals surface area contributed by atoms with E-state index in [1.165, 1.54) is 0 Å². The van der Waals surface area contributed by atoms with Gasteiger partial charge in [-0.05, 0) is 18.2 Å². The number of piperazine rings is 1. The highest BCUT2D eigenvalue weighted by molar-refractivity contribution is 6.30. The Hall–Kier alpha value is -2.21. The normalized spacial score (nSPS) is 15.0. The molecule has 0 atom stereocenters. The van der Waals surface area contributed by atoms with Crippen molar-refractivity contribution in [1.29, 1.82) is 0 Å². The molecule has 1 saturated heterocycles. The molecular weight excluding hydrogens is 300 g/mol. The van der Waals surface area contributed by atoms with Crippen LogP contribution in [0.4, 0.5) is 23.0 Å². The zero-order valence-electron chi connectivity index (χ0n) is 12.5. The number of benzene rings is 1. The summed E-state index contributed by atoms with van der Waals surface area (Å²) in [7, 11) is 1.81. The van der Waals surface area contributed by atoms with Crippen LogP contribution >= 0.6 is 11.6 Å². The van der Waals surface area contributed by atoms with Crippen molar-refractivity contribution in [3.8, 4) is 0 Å². The Balaban J connectivity index is 1.72. The van der Waals surface area contributed by atoms with Gasteiger partial charge < -0.3 is 20.9 Å². The van der Waals surface area contributed by atoms with Crippen molar-refractivity contribution < 1.29 is 0 Å². The molecule has 0 aliphatic carbocycles. The van der Waals surface area contributed by atoms with Gasteiger partial charge in [-0.2, -0.15) is 0 Å². The van der Waals surface area contributed by atoms with E-state index in [4.69, 9.17) is 17.3 Å². The highest BCUT2D eigenvalue weighted by Crippen LogP contribution is 2.27. The lowest BCUT2D eigenvalue weighted by Gasteiger charge is -2.37. The molecule has 1 aromatic heterocycles. The molecule has 22 heavy (non-hydrogen) atoms. The fraction of sp³-hybridized carbons (Fsp3) is 0.333. The minimum atomic E-state index is 0.598. The van der Waals surface area contributed by atoms with Gasteiger partial charge in [0.25, 0.3) is 0 Å². The summed E-state index contributed by atoms with van der Waals surface area (Å²) in [6.07, 6.45) is 1.54. The first-order chi connectivity index (χ1) is 10.7. The maximum absolute atomic E-state index is 6.13. The minimum Gasteiger partial charge on any atom is -0.393 e. The third kappa shape index (κ3) is 2.87. The topological polar surface area (TPSA) is 70.3 Å². The van der Waals surface area contributed by atoms with E-state index in [2.05, 4.69) is 31.2 Å². The summed E-state index contributed by atoms with van der Waals surface area (Å²) in [5.41, 5.74) is 7.88. The summed E-state index contributed by atoms with van der Waals surface area (Å²) in [6, 6.07) is 7.95. The molecule has 116 valence electrons. The molecule has 1 fully saturated rings. The maximum Gasteiger partial charge on any atom is 0.157 e. The fourth-order valence-electron chi connectivity index (χ4n) is 2.69. The van der Waals surface area contributed by atoms with Crippen LogP contribution in [0.1, 0.15) is 0 Å². The van der Waals surface area contributed by atoms with Crippen LogP contribution in [0.2, 0.25) is 5.02 Å². The van der Waals surface area contributed by atoms with Crippen molar-refractivity contribution in [3.63, 3.8) is 0 Å². The van der Waals surface area contributed by atoms with Gasteiger partial charge >= 0.3 is 0 Å². The van der Waals surface area contributed by atoms with E-state index in [1.807, 2.05) is 18.2 Å². The van der Waals surface area contributed by atoms with Crippen molar-refractivity contribution >= 4 is 34.6 Å². The van der Waals surface area contributed by atoms with Crippen molar-refractivity contribution in [1.82, 2.24) is 9.97 Å². The number of hydrogen-bond donors (Lipinski definition) is 2. The van der Waals surface area contributed by atoms with E-state index >= 15 is 0 Å². The number of nitrogen functional groups attached to an aromatic ring is 1. The second kappa shape index (κ2) is 6.27. The van der Waals surface area contributed by atoms with Gasteiger partial charge in [0.15, 0.2) is 11.6 Å². The van der Waals surface area contributed by atoms with Crippen molar-refractivity contribution in [2.75, 3.05) is 54.1 Å². The minimum absolute atomic E-state index is 0.598. The zero-order valence-corrected chi connectivity index (χ0v) is 13.2. The summed E-state index contributed by atoms with van der Waals surface area (Å²) < 4.78 is 0. The van der Waals surface area contributed by atoms with Crippen LogP contribution < -0.4 is 20.9 Å². The van der Waals surface area contributed by atoms with Gasteiger partial charge in [0, 0.05) is 43.9 Å². The van der Waals surface area contributed by atoms with Crippen LogP contribution in [0.25, 0.3) is 0 Å². The second-order valence-electron chi connectivity index (χ2n) is 5.16. The molecule has 2 heterocycles. The number of hydrogen-bond acceptors (Lipinski definition) is 6. The van der Waals surface area contributed by atoms with E-state index in [9.17, 15) is 0 Å². The van der Waals surface area contributed by atoms with Crippen LogP contribution in [0, 0.1) is 0 Å². The summed E-state index contributed by atoms with van der Waals surface area (Å²) in [5.74, 6) is 1.47. The van der Waals surface area contributed by atoms with Gasteiger partial charge in [0.05, 0.1) is 0 Å². The number of anilines is 4. The van der Waals surface area contributed by atoms with Gasteiger partial charge in [-0.15, -0.1) is 0 Å². The van der Waals surface area contributed by atoms with E-state index < -0.39 is 0 Å². The van der Waals surface area contributed by atoms with Crippen molar-refractivity contribution in [2.24, 2.45) is 0 Å². The smallest absolute Gasteiger partial charge is 0.157 e. The lowest BCUT2D eigenvalue weighted by atomic mass is 10.2. The van der Waals surface area contributed by atoms with Gasteiger partial charge in [-0.1, -0.05) is 17.7 Å². The molecule has 1 aliphatic heterocycles. The lowest BCUT2D eigenvalue weighted by molar-refractivity contribution is 0.647. The zero-order chi connectivity index (χ0) is 15.5. The third-order valence-corrected chi connectivity index (χ3v) is 4.09. The fourth-order valence-corrected chi connectivity index (χ4v) is 2.87. The Morgan fingerprint density at radius 3 is 2.55 bits per heavy atom. The number of nitrogens with two attached hydrogens (primary N) is 1. The molecule has 1 aromatic carbocycles. The number of rotatable bonds is 3. The van der Waals surface area contributed by atoms with Gasteiger partial charge in [-0.25, -0.2) is 9.97 Å². The summed E-state index contributed by atoms with van der Waals surface area (Å²) in [5, 5.41) is 3.75. The number of nitrogens with zero attached hydrogens (tertiary/aromatic N) is 4. The second-order valence-corrected chi connectivity index (χ2v) is 5.60. The molecule has 0 unspecified atom stereocenters. The highest BCUT2D eigenvalue weighted by Gasteiger charge is 2.21. The number of nitrogens with one attached hydrogen (secondary N) is 1. The average Bonchev–Trinajstić information content (AvgIpc) is 2.55. The molecule has 1 aliphatic rings. The van der Waals surface area contributed by atoms with E-state index in [0.717, 1.165) is 42.7 Å². The molecule has 0 saturated carbocycles. The predicted molar refractivity (Wildman–Crippen MR) is 91.9 cm³/mol. The third-order valence-electron chi connectivity index (χ3n) is 3.85. The lowest BCUT2D eigenvalue weighted by Crippen LogP contribution is -2.47. The SMILES string of the molecule is CNc1ncnc(N2CCN(c3cccc(Cl)c3)CC2)c1N. The summed E-state index contributed by atoms with van der Waals surface area (Å²) in [6.45, 7) is 3.52. The van der Waals surface area contributed by atoms with Crippen molar-refractivity contribution in [2.45, 2.75) is 0 Å². The Bertz CT molecular complexity index is 654. The van der Waals surface area contributed by atoms with E-state index in [-0.39, 0.29) is 0 Å². The van der Waals surface area contributed by atoms with Crippen LogP contribution in [-0.2, 0) is 0 Å². The summed E-state index contributed by atoms with van der Waals surface area (Å²) in [4.78, 5) is 13.0. The van der Waals surface area contributed by atoms with Crippen LogP contribution in [-0.4, -0.2) is 43.2 Å². The molecule has 2 aromatic rings. The Labute approximate surface area is 134 Å². The van der Waals surface area contributed by atoms with Gasteiger partial charge in [0.1, 0.15) is 12.0 Å². The van der Waals surface area contributed by atoms with E-state index in [0.29, 0.717) is 11.5 Å². The number of aromatic nitrogens is 2. The monoisotopic (exact) mass is 318 g/mol. The quantitative estimate of drug-likeness (QED) is 0.903. The van der Waals surface area contributed by atoms with Gasteiger partial charge in [0.2, 0.25) is 0 Å². The van der Waals surface area contributed by atoms with Crippen LogP contribution in [0.3, 0.4) is 0 Å². The Morgan fingerprint density at radius 1 is 1.14 bits per heavy atom. The Morgan fingerprint density at radius 2 is 1.86 bits per heavy atom. The molecule has 0 spiro atoms. The van der Waals surface area contributed by atoms with E-state index in [1.54, 1.807) is 13.4 Å². The predicted octanol–water partition coefficient (Wildman–Crippen LogP) is 2.08. The molecule has 3 N–H and O–H groups in total. The molecule has 6 nitrogen and oxygen atoms in total. The first kappa shape index (κ1) is 14.7. The largest absolute Gasteiger partial charge is 0.393 e. The van der Waals surface area contributed by atoms with Gasteiger partial charge in [-0.3, -0.25) is 0 Å². The van der Waals surface area contributed by atoms with Crippen LogP contribution in [0.5, 0.6) is 0 Å². The maximum atomic E-state index is 6.13. The van der Waals surface area contributed by atoms with Crippen LogP contribution in [0.15, 0.2) is 30.6 Å². The first-order valence-corrected chi connectivity index (χ1v) is 7.60. The molecule has 0 radical (unpaired) electrons. The molecule has 3 rings (SSSR count). The van der Waals surface area contributed by atoms with Crippen molar-refractivity contribution in [3.05, 3.63) is 35.6 Å². The molecule has 0 bridgehead atoms. The first-order valence-electron chi connectivity index (χ1n) is 7.22. The molecular formula is C15H19ClN6. The highest BCUT2D eigenvalue weighted by atomic mass is 35.5. The number of halogens is 1. The average molecular weight is 319 g/mol. The standard InChI is InChI=1S/C15H19ClN6/c1-18-14-13(17)15(20-10-19-14)22-7-5-21(6-8-22)12-4-2-3-11(16)9-12/h2-4,9-10H,5-8,17H2,1H3,(H,18,19,20).